The van der Waals surface area contributed by atoms with Crippen LogP contribution in [0.15, 0.2) is 71.0 Å². The molecule has 7 nitrogen and oxygen atoms in total. The van der Waals surface area contributed by atoms with Crippen LogP contribution in [0.2, 0.25) is 0 Å². The molecule has 5 rings (SSSR count). The molecule has 3 aromatic heterocycles. The van der Waals surface area contributed by atoms with Crippen molar-refractivity contribution in [2.75, 3.05) is 4.90 Å². The first-order valence-electron chi connectivity index (χ1n) is 11.0. The highest BCUT2D eigenvalue weighted by Crippen LogP contribution is 2.43. The summed E-state index contributed by atoms with van der Waals surface area (Å²) in [6, 6.07) is 16.1. The fraction of sp³-hybridized carbons (Fsp3) is 0.231. The lowest BCUT2D eigenvalue weighted by Gasteiger charge is -2.27. The number of aromatic nitrogens is 2. The fourth-order valence-electron chi connectivity index (χ4n) is 4.32. The average molecular weight is 474 g/mol. The number of carbonyl (C=O) groups excluding carboxylic acids is 2. The lowest BCUT2D eigenvalue weighted by atomic mass is 9.99. The van der Waals surface area contributed by atoms with Crippen LogP contribution in [0.1, 0.15) is 34.2 Å². The summed E-state index contributed by atoms with van der Waals surface area (Å²) in [4.78, 5) is 45.7. The van der Waals surface area contributed by atoms with Crippen LogP contribution < -0.4 is 10.5 Å². The summed E-state index contributed by atoms with van der Waals surface area (Å²) in [6.07, 6.45) is 1.78. The van der Waals surface area contributed by atoms with Gasteiger partial charge in [-0.3, -0.25) is 18.8 Å². The number of amides is 1. The van der Waals surface area contributed by atoms with Gasteiger partial charge >= 0.3 is 5.97 Å². The maximum Gasteiger partial charge on any atom is 0.312 e. The fourth-order valence-corrected chi connectivity index (χ4v) is 5.21. The highest BCUT2D eigenvalue weighted by Gasteiger charge is 2.46. The van der Waals surface area contributed by atoms with E-state index in [0.29, 0.717) is 11.3 Å². The van der Waals surface area contributed by atoms with E-state index < -0.39 is 17.9 Å². The maximum atomic E-state index is 13.2. The van der Waals surface area contributed by atoms with Gasteiger partial charge < -0.3 is 9.64 Å². The minimum absolute atomic E-state index is 0.0579. The molecule has 2 unspecified atom stereocenters. The monoisotopic (exact) mass is 473 g/mol. The maximum absolute atomic E-state index is 13.2. The molecule has 8 heteroatoms. The second-order valence-corrected chi connectivity index (χ2v) is 9.48. The molecule has 1 aliphatic rings. The van der Waals surface area contributed by atoms with Crippen LogP contribution >= 0.6 is 11.3 Å². The average Bonchev–Trinajstić information content (AvgIpc) is 3.46. The van der Waals surface area contributed by atoms with Gasteiger partial charge in [0.05, 0.1) is 17.7 Å². The highest BCUT2D eigenvalue weighted by atomic mass is 32.1. The van der Waals surface area contributed by atoms with Crippen molar-refractivity contribution < 1.29 is 14.3 Å². The predicted octanol–water partition coefficient (Wildman–Crippen LogP) is 4.21. The molecule has 1 aromatic carbocycles. The molecule has 1 saturated heterocycles. The topological polar surface area (TPSA) is 81.0 Å². The molecule has 4 heterocycles. The van der Waals surface area contributed by atoms with Crippen LogP contribution in [0.3, 0.4) is 0 Å². The van der Waals surface area contributed by atoms with E-state index in [1.54, 1.807) is 17.2 Å². The Kier molecular flexibility index (Phi) is 5.75. The summed E-state index contributed by atoms with van der Waals surface area (Å²) in [5, 5.41) is 1.93. The third-order valence-electron chi connectivity index (χ3n) is 5.99. The molecule has 1 fully saturated rings. The SMILES string of the molecule is Cc1ccc(N2C(=O)CC(C(=O)OCc3cc(=O)n4cc(C)ccc4n3)C2c2cccs2)cc1. The standard InChI is InChI=1S/C26H23N3O4S/c1-16-5-8-19(9-6-16)29-24(31)13-20(25(29)21-4-3-11-34-21)26(32)33-15-18-12-23(30)28-14-17(2)7-10-22(28)27-18/h3-12,14,20,25H,13,15H2,1-2H3. The van der Waals surface area contributed by atoms with Gasteiger partial charge in [-0.2, -0.15) is 0 Å². The van der Waals surface area contributed by atoms with Gasteiger partial charge in [-0.25, -0.2) is 4.98 Å². The molecule has 34 heavy (non-hydrogen) atoms. The summed E-state index contributed by atoms with van der Waals surface area (Å²) in [5.74, 6) is -1.26. The number of hydrogen-bond donors (Lipinski definition) is 0. The highest BCUT2D eigenvalue weighted by molar-refractivity contribution is 7.10. The summed E-state index contributed by atoms with van der Waals surface area (Å²) >= 11 is 1.51. The van der Waals surface area contributed by atoms with Crippen molar-refractivity contribution in [3.05, 3.63) is 98.2 Å². The Hall–Kier alpha value is -3.78. The summed E-state index contributed by atoms with van der Waals surface area (Å²) < 4.78 is 7.06. The number of thiophene rings is 1. The molecule has 2 atom stereocenters. The largest absolute Gasteiger partial charge is 0.459 e. The first kappa shape index (κ1) is 22.0. The quantitative estimate of drug-likeness (QED) is 0.406. The molecule has 0 N–H and O–H groups in total. The Labute approximate surface area is 200 Å². The third kappa shape index (κ3) is 4.12. The molecule has 1 amide bonds. The van der Waals surface area contributed by atoms with Crippen molar-refractivity contribution in [3.63, 3.8) is 0 Å². The molecule has 0 saturated carbocycles. The number of pyridine rings is 1. The first-order chi connectivity index (χ1) is 16.4. The van der Waals surface area contributed by atoms with Gasteiger partial charge in [-0.1, -0.05) is 29.8 Å². The molecule has 0 aliphatic carbocycles. The van der Waals surface area contributed by atoms with Crippen LogP contribution in [0.4, 0.5) is 5.69 Å². The third-order valence-corrected chi connectivity index (χ3v) is 6.94. The van der Waals surface area contributed by atoms with Gasteiger partial charge in [0.15, 0.2) is 0 Å². The number of hydrogen-bond acceptors (Lipinski definition) is 6. The van der Waals surface area contributed by atoms with Gasteiger partial charge in [0, 0.05) is 29.2 Å². The molecule has 0 radical (unpaired) electrons. The van der Waals surface area contributed by atoms with E-state index >= 15 is 0 Å². The number of esters is 1. The van der Waals surface area contributed by atoms with E-state index in [2.05, 4.69) is 4.98 Å². The molecular formula is C26H23N3O4S. The van der Waals surface area contributed by atoms with E-state index in [1.165, 1.54) is 21.8 Å². The Morgan fingerprint density at radius 3 is 2.59 bits per heavy atom. The molecule has 1 aliphatic heterocycles. The predicted molar refractivity (Wildman–Crippen MR) is 130 cm³/mol. The zero-order valence-electron chi connectivity index (χ0n) is 18.8. The normalized spacial score (nSPS) is 17.9. The molecule has 0 spiro atoms. The number of benzene rings is 1. The summed E-state index contributed by atoms with van der Waals surface area (Å²) in [5.41, 5.74) is 3.41. The number of ether oxygens (including phenoxy) is 1. The number of fused-ring (bicyclic) bond motifs is 1. The number of nitrogens with zero attached hydrogens (tertiary/aromatic N) is 3. The van der Waals surface area contributed by atoms with E-state index in [1.807, 2.05) is 61.7 Å². The summed E-state index contributed by atoms with van der Waals surface area (Å²) in [6.45, 7) is 3.75. The molecule has 172 valence electrons. The van der Waals surface area contributed by atoms with Crippen LogP contribution in [-0.2, 0) is 20.9 Å². The van der Waals surface area contributed by atoms with Gasteiger partial charge in [0.25, 0.3) is 5.56 Å². The van der Waals surface area contributed by atoms with Crippen molar-refractivity contribution in [2.45, 2.75) is 32.9 Å². The smallest absolute Gasteiger partial charge is 0.312 e. The zero-order chi connectivity index (χ0) is 23.8. The number of aryl methyl sites for hydroxylation is 2. The number of anilines is 1. The molecule has 0 bridgehead atoms. The summed E-state index contributed by atoms with van der Waals surface area (Å²) in [7, 11) is 0. The van der Waals surface area contributed by atoms with Crippen molar-refractivity contribution >= 4 is 34.5 Å². The van der Waals surface area contributed by atoms with Crippen molar-refractivity contribution in [1.29, 1.82) is 0 Å². The van der Waals surface area contributed by atoms with Crippen LogP contribution in [0, 0.1) is 19.8 Å². The second-order valence-electron chi connectivity index (χ2n) is 8.50. The minimum Gasteiger partial charge on any atom is -0.459 e. The van der Waals surface area contributed by atoms with Gasteiger partial charge in [0.1, 0.15) is 12.3 Å². The first-order valence-corrected chi connectivity index (χ1v) is 11.9. The number of carbonyl (C=O) groups is 2. The Balaban J connectivity index is 1.40. The van der Waals surface area contributed by atoms with Crippen LogP contribution in [-0.4, -0.2) is 21.3 Å². The van der Waals surface area contributed by atoms with Crippen LogP contribution in [0.25, 0.3) is 5.65 Å². The van der Waals surface area contributed by atoms with Gasteiger partial charge in [-0.05, 0) is 49.1 Å². The minimum atomic E-state index is -0.656. The van der Waals surface area contributed by atoms with E-state index in [0.717, 1.165) is 21.7 Å². The van der Waals surface area contributed by atoms with E-state index in [9.17, 15) is 14.4 Å². The Morgan fingerprint density at radius 1 is 1.09 bits per heavy atom. The molecular weight excluding hydrogens is 450 g/mol. The Bertz CT molecular complexity index is 1430. The Morgan fingerprint density at radius 2 is 1.85 bits per heavy atom. The van der Waals surface area contributed by atoms with Crippen molar-refractivity contribution in [3.8, 4) is 0 Å². The lowest BCUT2D eigenvalue weighted by molar-refractivity contribution is -0.150. The zero-order valence-corrected chi connectivity index (χ0v) is 19.6. The van der Waals surface area contributed by atoms with E-state index in [-0.39, 0.29) is 24.5 Å². The van der Waals surface area contributed by atoms with Crippen molar-refractivity contribution in [1.82, 2.24) is 9.38 Å². The second kappa shape index (κ2) is 8.87. The van der Waals surface area contributed by atoms with Crippen LogP contribution in [0.5, 0.6) is 0 Å². The van der Waals surface area contributed by atoms with Crippen molar-refractivity contribution in [2.24, 2.45) is 5.92 Å². The van der Waals surface area contributed by atoms with Gasteiger partial charge in [0.2, 0.25) is 5.91 Å². The number of rotatable bonds is 5. The lowest BCUT2D eigenvalue weighted by Crippen LogP contribution is -2.30. The van der Waals surface area contributed by atoms with E-state index in [4.69, 9.17) is 4.74 Å². The van der Waals surface area contributed by atoms with Gasteiger partial charge in [-0.15, -0.1) is 11.3 Å². The molecule has 4 aromatic rings.